The van der Waals surface area contributed by atoms with Crippen LogP contribution in [0.4, 0.5) is 0 Å². The second kappa shape index (κ2) is 9.97. The molecule has 0 aromatic heterocycles. The summed E-state index contributed by atoms with van der Waals surface area (Å²) in [5.41, 5.74) is 1.98. The fourth-order valence-electron chi connectivity index (χ4n) is 1.27. The van der Waals surface area contributed by atoms with Gasteiger partial charge in [-0.05, 0) is 24.3 Å². The first-order valence-electron chi connectivity index (χ1n) is 5.68. The third-order valence-electron chi connectivity index (χ3n) is 2.19. The second-order valence-corrected chi connectivity index (χ2v) is 3.40. The molecule has 0 radical (unpaired) electrons. The van der Waals surface area contributed by atoms with Gasteiger partial charge in [0.25, 0.3) is 0 Å². The van der Waals surface area contributed by atoms with Crippen molar-refractivity contribution in [3.05, 3.63) is 98.5 Å². The Balaban J connectivity index is 5.20. The Kier molecular flexibility index (Phi) is 8.75. The van der Waals surface area contributed by atoms with Crippen LogP contribution in [0.1, 0.15) is 0 Å². The van der Waals surface area contributed by atoms with Crippen molar-refractivity contribution in [1.82, 2.24) is 4.81 Å². The first-order valence-corrected chi connectivity index (χ1v) is 5.68. The van der Waals surface area contributed by atoms with E-state index in [1.807, 2.05) is 49.2 Å². The maximum atomic E-state index is 3.82. The molecule has 0 amide bonds. The van der Waals surface area contributed by atoms with Crippen LogP contribution >= 0.6 is 0 Å². The zero-order chi connectivity index (χ0) is 13.8. The Bertz CT molecular complexity index is 422. The van der Waals surface area contributed by atoms with Crippen molar-refractivity contribution in [2.24, 2.45) is 0 Å². The molecular formula is C16H20BN. The second-order valence-electron chi connectivity index (χ2n) is 3.40. The molecule has 0 aromatic rings. The van der Waals surface area contributed by atoms with Gasteiger partial charge in [-0.3, -0.25) is 0 Å². The highest BCUT2D eigenvalue weighted by atomic mass is 15.0. The van der Waals surface area contributed by atoms with Crippen LogP contribution in [0.15, 0.2) is 98.5 Å². The van der Waals surface area contributed by atoms with Crippen LogP contribution in [0.5, 0.6) is 0 Å². The Morgan fingerprint density at radius 3 is 1.94 bits per heavy atom. The van der Waals surface area contributed by atoms with Crippen molar-refractivity contribution in [2.45, 2.75) is 0 Å². The summed E-state index contributed by atoms with van der Waals surface area (Å²) in [5, 5.41) is 0. The molecule has 0 aromatic carbocycles. The van der Waals surface area contributed by atoms with Crippen molar-refractivity contribution in [1.29, 1.82) is 0 Å². The van der Waals surface area contributed by atoms with Crippen LogP contribution in [0.3, 0.4) is 0 Å². The quantitative estimate of drug-likeness (QED) is 0.461. The van der Waals surface area contributed by atoms with Crippen LogP contribution in [-0.2, 0) is 0 Å². The summed E-state index contributed by atoms with van der Waals surface area (Å²) >= 11 is 0. The zero-order valence-corrected chi connectivity index (χ0v) is 11.0. The molecule has 0 unspecified atom stereocenters. The molecule has 0 fully saturated rings. The summed E-state index contributed by atoms with van der Waals surface area (Å²) in [7, 11) is 1.97. The third-order valence-corrected chi connectivity index (χ3v) is 2.19. The summed E-state index contributed by atoms with van der Waals surface area (Å²) in [6, 6.07) is 0. The van der Waals surface area contributed by atoms with E-state index in [9.17, 15) is 0 Å². The van der Waals surface area contributed by atoms with E-state index in [1.165, 1.54) is 0 Å². The van der Waals surface area contributed by atoms with E-state index >= 15 is 0 Å². The topological polar surface area (TPSA) is 3.24 Å². The van der Waals surface area contributed by atoms with E-state index in [4.69, 9.17) is 0 Å². The van der Waals surface area contributed by atoms with Crippen LogP contribution in [-0.4, -0.2) is 12.8 Å². The van der Waals surface area contributed by atoms with E-state index in [0.29, 0.717) is 0 Å². The maximum Gasteiger partial charge on any atom is 0.223 e. The van der Waals surface area contributed by atoms with E-state index in [1.54, 1.807) is 24.3 Å². The molecule has 0 atom stereocenters. The Morgan fingerprint density at radius 1 is 0.778 bits per heavy atom. The molecule has 0 aliphatic heterocycles. The SMILES string of the molecule is BN(/C(C=C)=C/C=C\C=C)C(/C=C\C=C)=C/C=C. The first-order chi connectivity index (χ1) is 8.71. The highest BCUT2D eigenvalue weighted by Gasteiger charge is 2.02. The molecular weight excluding hydrogens is 217 g/mol. The molecule has 0 saturated carbocycles. The Hall–Kier alpha value is -2.22. The van der Waals surface area contributed by atoms with Crippen molar-refractivity contribution < 1.29 is 0 Å². The molecule has 0 aliphatic rings. The Morgan fingerprint density at radius 2 is 1.44 bits per heavy atom. The smallest absolute Gasteiger partial charge is 0.223 e. The number of hydrogen-bond acceptors (Lipinski definition) is 1. The summed E-state index contributed by atoms with van der Waals surface area (Å²) in [6.07, 6.45) is 18.5. The minimum absolute atomic E-state index is 0.981. The predicted molar refractivity (Wildman–Crippen MR) is 85.6 cm³/mol. The van der Waals surface area contributed by atoms with E-state index in [-0.39, 0.29) is 0 Å². The monoisotopic (exact) mass is 237 g/mol. The van der Waals surface area contributed by atoms with Gasteiger partial charge < -0.3 is 4.81 Å². The van der Waals surface area contributed by atoms with E-state index in [0.717, 1.165) is 11.4 Å². The molecule has 0 saturated heterocycles. The normalized spacial score (nSPS) is 12.7. The van der Waals surface area contributed by atoms with Crippen LogP contribution < -0.4 is 0 Å². The molecule has 0 spiro atoms. The summed E-state index contributed by atoms with van der Waals surface area (Å²) in [6.45, 7) is 14.8. The highest BCUT2D eigenvalue weighted by molar-refractivity contribution is 6.07. The average Bonchev–Trinajstić information content (AvgIpc) is 2.39. The van der Waals surface area contributed by atoms with Gasteiger partial charge in [-0.25, -0.2) is 0 Å². The summed E-state index contributed by atoms with van der Waals surface area (Å²) in [5.74, 6) is 0. The minimum Gasteiger partial charge on any atom is -0.394 e. The van der Waals surface area contributed by atoms with Crippen molar-refractivity contribution in [3.63, 3.8) is 0 Å². The lowest BCUT2D eigenvalue weighted by atomic mass is 10.1. The fraction of sp³-hybridized carbons (Fsp3) is 0. The third kappa shape index (κ3) is 5.76. The van der Waals surface area contributed by atoms with Gasteiger partial charge in [0.1, 0.15) is 0 Å². The Labute approximate surface area is 112 Å². The van der Waals surface area contributed by atoms with Gasteiger partial charge >= 0.3 is 0 Å². The van der Waals surface area contributed by atoms with Crippen LogP contribution in [0.25, 0.3) is 0 Å². The van der Waals surface area contributed by atoms with Gasteiger partial charge in [-0.1, -0.05) is 62.8 Å². The highest BCUT2D eigenvalue weighted by Crippen LogP contribution is 2.12. The molecule has 1 nitrogen and oxygen atoms in total. The van der Waals surface area contributed by atoms with Gasteiger partial charge in [0, 0.05) is 11.4 Å². The molecule has 0 aliphatic carbocycles. The number of hydrogen-bond donors (Lipinski definition) is 0. The standard InChI is InChI=1S/C16H20BN/c1-5-9-11-14-15(8-4)18(17)16(12-7-3)13-10-6-2/h5-14H,1-4,17H2/b11-9-,13-10-,15-14+,16-12+. The summed E-state index contributed by atoms with van der Waals surface area (Å²) < 4.78 is 0. The molecule has 0 rings (SSSR count). The zero-order valence-electron chi connectivity index (χ0n) is 11.0. The van der Waals surface area contributed by atoms with Gasteiger partial charge in [-0.2, -0.15) is 0 Å². The van der Waals surface area contributed by atoms with Crippen molar-refractivity contribution in [3.8, 4) is 0 Å². The lowest BCUT2D eigenvalue weighted by Gasteiger charge is -2.22. The van der Waals surface area contributed by atoms with Crippen molar-refractivity contribution in [2.75, 3.05) is 0 Å². The van der Waals surface area contributed by atoms with E-state index < -0.39 is 0 Å². The van der Waals surface area contributed by atoms with E-state index in [2.05, 4.69) is 26.3 Å². The molecule has 0 heterocycles. The molecule has 18 heavy (non-hydrogen) atoms. The molecule has 92 valence electrons. The fourth-order valence-corrected chi connectivity index (χ4v) is 1.27. The maximum absolute atomic E-state index is 3.82. The van der Waals surface area contributed by atoms with Gasteiger partial charge in [0.15, 0.2) is 0 Å². The molecule has 0 N–H and O–H groups in total. The number of rotatable bonds is 8. The largest absolute Gasteiger partial charge is 0.394 e. The average molecular weight is 237 g/mol. The lowest BCUT2D eigenvalue weighted by molar-refractivity contribution is 0.728. The van der Waals surface area contributed by atoms with Crippen LogP contribution in [0, 0.1) is 0 Å². The predicted octanol–water partition coefficient (Wildman–Crippen LogP) is 3.46. The van der Waals surface area contributed by atoms with Gasteiger partial charge in [-0.15, -0.1) is 0 Å². The van der Waals surface area contributed by atoms with Gasteiger partial charge in [0.05, 0.1) is 0 Å². The minimum atomic E-state index is 0.981. The van der Waals surface area contributed by atoms with Crippen LogP contribution in [0.2, 0.25) is 0 Å². The van der Waals surface area contributed by atoms with Crippen molar-refractivity contribution >= 4 is 7.98 Å². The molecule has 0 bridgehead atoms. The lowest BCUT2D eigenvalue weighted by Crippen LogP contribution is -2.16. The number of allylic oxidation sites excluding steroid dienone is 10. The summed E-state index contributed by atoms with van der Waals surface area (Å²) in [4.78, 5) is 2.02. The first kappa shape index (κ1) is 15.8. The number of nitrogens with zero attached hydrogens (tertiary/aromatic N) is 1. The molecule has 2 heteroatoms. The van der Waals surface area contributed by atoms with Gasteiger partial charge in [0.2, 0.25) is 7.98 Å².